The van der Waals surface area contributed by atoms with E-state index in [2.05, 4.69) is 19.3 Å². The average molecular weight is 261 g/mol. The molecule has 19 heavy (non-hydrogen) atoms. The van der Waals surface area contributed by atoms with E-state index in [9.17, 15) is 4.79 Å². The summed E-state index contributed by atoms with van der Waals surface area (Å²) in [6.45, 7) is 4.17. The average Bonchev–Trinajstić information content (AvgIpc) is 3.07. The summed E-state index contributed by atoms with van der Waals surface area (Å²) < 4.78 is 7.38. The van der Waals surface area contributed by atoms with Crippen LogP contribution in [0.2, 0.25) is 0 Å². The fraction of sp³-hybridized carbons (Fsp3) is 0.357. The van der Waals surface area contributed by atoms with Crippen LogP contribution in [0.5, 0.6) is 0 Å². The van der Waals surface area contributed by atoms with Gasteiger partial charge in [-0.25, -0.2) is 5.84 Å². The predicted octanol–water partition coefficient (Wildman–Crippen LogP) is 2.25. The number of nitrogens with zero attached hydrogens (tertiary/aromatic N) is 1. The second-order valence-corrected chi connectivity index (χ2v) is 4.57. The Bertz CT molecular complexity index is 543. The highest BCUT2D eigenvalue weighted by atomic mass is 16.3. The number of rotatable bonds is 5. The lowest BCUT2D eigenvalue weighted by Gasteiger charge is -2.18. The van der Waals surface area contributed by atoms with Crippen LogP contribution in [-0.2, 0) is 6.42 Å². The number of nitrogen functional groups attached to an aromatic ring is 1. The normalized spacial score (nSPS) is 12.4. The van der Waals surface area contributed by atoms with Crippen molar-refractivity contribution in [1.29, 1.82) is 0 Å². The second-order valence-electron chi connectivity index (χ2n) is 4.57. The van der Waals surface area contributed by atoms with Crippen LogP contribution in [0, 0.1) is 0 Å². The highest BCUT2D eigenvalue weighted by molar-refractivity contribution is 5.92. The van der Waals surface area contributed by atoms with E-state index in [0.717, 1.165) is 17.9 Å². The third-order valence-corrected chi connectivity index (χ3v) is 3.33. The summed E-state index contributed by atoms with van der Waals surface area (Å²) in [7, 11) is 0. The molecule has 0 bridgehead atoms. The lowest BCUT2D eigenvalue weighted by molar-refractivity contribution is 0.0942. The monoisotopic (exact) mass is 261 g/mol. The van der Waals surface area contributed by atoms with Crippen LogP contribution in [-0.4, -0.2) is 10.5 Å². The first-order valence-electron chi connectivity index (χ1n) is 6.40. The Kier molecular flexibility index (Phi) is 4.06. The number of aromatic nitrogens is 1. The molecular formula is C14H19N3O2. The first-order valence-corrected chi connectivity index (χ1v) is 6.40. The first kappa shape index (κ1) is 13.4. The van der Waals surface area contributed by atoms with Crippen LogP contribution in [0.3, 0.4) is 0 Å². The molecule has 1 unspecified atom stereocenters. The summed E-state index contributed by atoms with van der Waals surface area (Å²) in [5.41, 5.74) is 3.82. The number of carbonyl (C=O) groups excluding carboxylic acids is 1. The van der Waals surface area contributed by atoms with Gasteiger partial charge in [0.1, 0.15) is 11.5 Å². The van der Waals surface area contributed by atoms with Crippen LogP contribution in [0.25, 0.3) is 0 Å². The molecular weight excluding hydrogens is 242 g/mol. The fourth-order valence-electron chi connectivity index (χ4n) is 2.19. The molecule has 0 saturated heterocycles. The van der Waals surface area contributed by atoms with Gasteiger partial charge in [0.05, 0.1) is 6.26 Å². The molecule has 0 saturated carbocycles. The molecule has 2 rings (SSSR count). The van der Waals surface area contributed by atoms with E-state index >= 15 is 0 Å². The Morgan fingerprint density at radius 3 is 2.84 bits per heavy atom. The Morgan fingerprint density at radius 1 is 1.47 bits per heavy atom. The van der Waals surface area contributed by atoms with Crippen molar-refractivity contribution in [3.05, 3.63) is 47.7 Å². The first-order chi connectivity index (χ1) is 9.17. The number of nitrogens with one attached hydrogen (secondary N) is 1. The highest BCUT2D eigenvalue weighted by Crippen LogP contribution is 2.21. The molecule has 2 aromatic heterocycles. The van der Waals surface area contributed by atoms with Crippen LogP contribution >= 0.6 is 0 Å². The minimum absolute atomic E-state index is 0.229. The zero-order valence-corrected chi connectivity index (χ0v) is 11.2. The summed E-state index contributed by atoms with van der Waals surface area (Å²) in [5, 5.41) is 0. The molecule has 0 aromatic carbocycles. The van der Waals surface area contributed by atoms with Gasteiger partial charge in [-0.2, -0.15) is 0 Å². The van der Waals surface area contributed by atoms with Crippen LogP contribution in [0.15, 0.2) is 34.9 Å². The molecule has 5 heteroatoms. The topological polar surface area (TPSA) is 73.2 Å². The molecule has 2 heterocycles. The maximum absolute atomic E-state index is 11.8. The van der Waals surface area contributed by atoms with Gasteiger partial charge in [-0.3, -0.25) is 10.2 Å². The number of nitrogens with two attached hydrogens (primary N) is 1. The summed E-state index contributed by atoms with van der Waals surface area (Å²) in [6.07, 6.45) is 3.25. The summed E-state index contributed by atoms with van der Waals surface area (Å²) in [5.74, 6) is 5.83. The Morgan fingerprint density at radius 2 is 2.26 bits per heavy atom. The molecule has 0 radical (unpaired) electrons. The van der Waals surface area contributed by atoms with E-state index in [1.807, 2.05) is 22.8 Å². The largest absolute Gasteiger partial charge is 0.469 e. The minimum atomic E-state index is -0.272. The van der Waals surface area contributed by atoms with E-state index in [0.29, 0.717) is 12.1 Å². The van der Waals surface area contributed by atoms with Gasteiger partial charge in [0.25, 0.3) is 5.91 Å². The van der Waals surface area contributed by atoms with Gasteiger partial charge < -0.3 is 8.98 Å². The standard InChI is InChI=1S/C14H19N3O2/c1-3-10(2)17-11(9-12-5-4-8-19-12)6-7-13(17)14(18)16-15/h4-8,10H,3,9,15H2,1-2H3,(H,16,18). The lowest BCUT2D eigenvalue weighted by atomic mass is 10.2. The third-order valence-electron chi connectivity index (χ3n) is 3.33. The number of amides is 1. The van der Waals surface area contributed by atoms with Gasteiger partial charge in [0, 0.05) is 18.2 Å². The van der Waals surface area contributed by atoms with Gasteiger partial charge in [-0.1, -0.05) is 6.92 Å². The maximum Gasteiger partial charge on any atom is 0.281 e. The summed E-state index contributed by atoms with van der Waals surface area (Å²) >= 11 is 0. The van der Waals surface area contributed by atoms with Crippen molar-refractivity contribution in [2.75, 3.05) is 0 Å². The maximum atomic E-state index is 11.8. The lowest BCUT2D eigenvalue weighted by Crippen LogP contribution is -2.32. The van der Waals surface area contributed by atoms with E-state index in [-0.39, 0.29) is 11.9 Å². The predicted molar refractivity (Wildman–Crippen MR) is 72.6 cm³/mol. The van der Waals surface area contributed by atoms with Gasteiger partial charge >= 0.3 is 0 Å². The molecule has 0 aliphatic rings. The van der Waals surface area contributed by atoms with Crippen LogP contribution in [0.1, 0.15) is 48.3 Å². The molecule has 5 nitrogen and oxygen atoms in total. The Hall–Kier alpha value is -2.01. The van der Waals surface area contributed by atoms with Gasteiger partial charge in [0.2, 0.25) is 0 Å². The quantitative estimate of drug-likeness (QED) is 0.492. The van der Waals surface area contributed by atoms with Gasteiger partial charge in [-0.05, 0) is 37.6 Å². The van der Waals surface area contributed by atoms with Crippen molar-refractivity contribution < 1.29 is 9.21 Å². The van der Waals surface area contributed by atoms with Crippen LogP contribution in [0.4, 0.5) is 0 Å². The molecule has 0 aliphatic carbocycles. The molecule has 1 atom stereocenters. The number of hydrogen-bond donors (Lipinski definition) is 2. The highest BCUT2D eigenvalue weighted by Gasteiger charge is 2.18. The van der Waals surface area contributed by atoms with Crippen molar-refractivity contribution in [2.24, 2.45) is 5.84 Å². The minimum Gasteiger partial charge on any atom is -0.469 e. The molecule has 0 spiro atoms. The van der Waals surface area contributed by atoms with Gasteiger partial charge in [-0.15, -0.1) is 0 Å². The molecule has 3 N–H and O–H groups in total. The number of hydrogen-bond acceptors (Lipinski definition) is 3. The Balaban J connectivity index is 2.37. The van der Waals surface area contributed by atoms with E-state index in [1.165, 1.54) is 0 Å². The molecule has 2 aromatic rings. The molecule has 0 aliphatic heterocycles. The number of furan rings is 1. The third kappa shape index (κ3) is 2.71. The van der Waals surface area contributed by atoms with E-state index < -0.39 is 0 Å². The van der Waals surface area contributed by atoms with Crippen molar-refractivity contribution in [2.45, 2.75) is 32.7 Å². The van der Waals surface area contributed by atoms with E-state index in [4.69, 9.17) is 10.3 Å². The van der Waals surface area contributed by atoms with E-state index in [1.54, 1.807) is 12.3 Å². The van der Waals surface area contributed by atoms with Crippen molar-refractivity contribution in [3.8, 4) is 0 Å². The Labute approximate surface area is 112 Å². The fourth-order valence-corrected chi connectivity index (χ4v) is 2.19. The summed E-state index contributed by atoms with van der Waals surface area (Å²) in [6, 6.07) is 7.76. The smallest absolute Gasteiger partial charge is 0.281 e. The number of hydrazine groups is 1. The van der Waals surface area contributed by atoms with Crippen LogP contribution < -0.4 is 11.3 Å². The van der Waals surface area contributed by atoms with Crippen molar-refractivity contribution in [3.63, 3.8) is 0 Å². The molecule has 1 amide bonds. The zero-order valence-electron chi connectivity index (χ0n) is 11.2. The molecule has 102 valence electrons. The molecule has 0 fully saturated rings. The van der Waals surface area contributed by atoms with Gasteiger partial charge in [0.15, 0.2) is 0 Å². The summed E-state index contributed by atoms with van der Waals surface area (Å²) in [4.78, 5) is 11.8. The van der Waals surface area contributed by atoms with Crippen molar-refractivity contribution >= 4 is 5.91 Å². The SMILES string of the molecule is CCC(C)n1c(Cc2ccco2)ccc1C(=O)NN. The number of carbonyl (C=O) groups is 1. The van der Waals surface area contributed by atoms with Crippen molar-refractivity contribution in [1.82, 2.24) is 9.99 Å². The second kappa shape index (κ2) is 5.75. The zero-order chi connectivity index (χ0) is 13.8.